The lowest BCUT2D eigenvalue weighted by molar-refractivity contribution is -0.877. The van der Waals surface area contributed by atoms with Gasteiger partial charge >= 0.3 is 0 Å². The number of hydroxylamine groups is 3. The summed E-state index contributed by atoms with van der Waals surface area (Å²) in [5, 5.41) is 11.6. The Labute approximate surface area is 61.4 Å². The minimum atomic E-state index is 0.00894. The molecule has 3 heteroatoms. The van der Waals surface area contributed by atoms with Gasteiger partial charge in [0.2, 0.25) is 0 Å². The van der Waals surface area contributed by atoms with Crippen LogP contribution in [0.15, 0.2) is 0 Å². The van der Waals surface area contributed by atoms with Crippen LogP contribution in [0.3, 0.4) is 0 Å². The highest BCUT2D eigenvalue weighted by molar-refractivity contribution is 4.90. The molecule has 58 valence electrons. The van der Waals surface area contributed by atoms with Gasteiger partial charge in [0.25, 0.3) is 0 Å². The van der Waals surface area contributed by atoms with Gasteiger partial charge in [-0.2, -0.15) is 0 Å². The second kappa shape index (κ2) is 1.72. The lowest BCUT2D eigenvalue weighted by Gasteiger charge is -2.44. The third-order valence-electron chi connectivity index (χ3n) is 3.01. The SMILES string of the molecule is CN1CC2CC1C[N+]2(C)[O-]. The van der Waals surface area contributed by atoms with Gasteiger partial charge in [0.15, 0.2) is 0 Å². The van der Waals surface area contributed by atoms with E-state index >= 15 is 0 Å². The topological polar surface area (TPSA) is 26.3 Å². The molecule has 0 N–H and O–H groups in total. The number of hydrogen-bond donors (Lipinski definition) is 0. The summed E-state index contributed by atoms with van der Waals surface area (Å²) in [4.78, 5) is 2.31. The van der Waals surface area contributed by atoms with Crippen molar-refractivity contribution < 1.29 is 4.65 Å². The third kappa shape index (κ3) is 0.713. The number of piperazine rings is 1. The van der Waals surface area contributed by atoms with Crippen LogP contribution in [0.5, 0.6) is 0 Å². The lowest BCUT2D eigenvalue weighted by Crippen LogP contribution is -2.52. The summed E-state index contributed by atoms with van der Waals surface area (Å²) in [7, 11) is 3.92. The fraction of sp³-hybridized carbons (Fsp3) is 1.00. The Hall–Kier alpha value is -0.120. The average molecular weight is 142 g/mol. The molecule has 2 heterocycles. The monoisotopic (exact) mass is 142 g/mol. The minimum absolute atomic E-state index is 0.00894. The van der Waals surface area contributed by atoms with Gasteiger partial charge in [0, 0.05) is 6.42 Å². The Morgan fingerprint density at radius 3 is 2.60 bits per heavy atom. The zero-order valence-corrected chi connectivity index (χ0v) is 6.58. The van der Waals surface area contributed by atoms with Crippen LogP contribution in [-0.2, 0) is 0 Å². The van der Waals surface area contributed by atoms with E-state index in [1.54, 1.807) is 7.05 Å². The lowest BCUT2D eigenvalue weighted by atomic mass is 10.2. The maximum atomic E-state index is 11.6. The molecule has 3 unspecified atom stereocenters. The average Bonchev–Trinajstić information content (AvgIpc) is 2.21. The summed E-state index contributed by atoms with van der Waals surface area (Å²) in [6.45, 7) is 1.81. The van der Waals surface area contributed by atoms with Crippen molar-refractivity contribution in [1.29, 1.82) is 0 Å². The molecule has 2 fully saturated rings. The summed E-state index contributed by atoms with van der Waals surface area (Å²) < 4.78 is 0.00894. The number of rotatable bonds is 0. The van der Waals surface area contributed by atoms with Gasteiger partial charge < -0.3 is 9.85 Å². The zero-order chi connectivity index (χ0) is 7.35. The predicted octanol–water partition coefficient (Wildman–Crippen LogP) is 0.0171. The summed E-state index contributed by atoms with van der Waals surface area (Å²) in [5.74, 6) is 0. The molecule has 0 radical (unpaired) electrons. The van der Waals surface area contributed by atoms with Crippen molar-refractivity contribution in [3.05, 3.63) is 5.21 Å². The van der Waals surface area contributed by atoms with Crippen molar-refractivity contribution in [1.82, 2.24) is 4.90 Å². The third-order valence-corrected chi connectivity index (χ3v) is 3.01. The second-order valence-corrected chi connectivity index (χ2v) is 3.84. The summed E-state index contributed by atoms with van der Waals surface area (Å²) in [5.41, 5.74) is 0. The number of likely N-dealkylation sites (N-methyl/N-ethyl adjacent to an activating group) is 2. The van der Waals surface area contributed by atoms with Crippen LogP contribution in [0.25, 0.3) is 0 Å². The van der Waals surface area contributed by atoms with E-state index in [4.69, 9.17) is 0 Å². The molecule has 2 aliphatic heterocycles. The molecule has 0 saturated carbocycles. The van der Waals surface area contributed by atoms with Crippen LogP contribution in [-0.4, -0.2) is 48.8 Å². The predicted molar refractivity (Wildman–Crippen MR) is 39.2 cm³/mol. The highest BCUT2D eigenvalue weighted by Gasteiger charge is 2.46. The van der Waals surface area contributed by atoms with Crippen LogP contribution in [0.4, 0.5) is 0 Å². The Balaban J connectivity index is 2.16. The molecule has 2 rings (SSSR count). The molecule has 0 aromatic heterocycles. The van der Waals surface area contributed by atoms with Gasteiger partial charge in [-0.1, -0.05) is 0 Å². The second-order valence-electron chi connectivity index (χ2n) is 3.84. The van der Waals surface area contributed by atoms with Crippen LogP contribution in [0.2, 0.25) is 0 Å². The molecule has 0 aliphatic carbocycles. The molecule has 0 amide bonds. The first kappa shape index (κ1) is 6.58. The van der Waals surface area contributed by atoms with Gasteiger partial charge in [-0.3, -0.25) is 4.90 Å². The number of nitrogens with zero attached hydrogens (tertiary/aromatic N) is 2. The molecule has 0 aromatic rings. The minimum Gasteiger partial charge on any atom is -0.633 e. The summed E-state index contributed by atoms with van der Waals surface area (Å²) >= 11 is 0. The van der Waals surface area contributed by atoms with Gasteiger partial charge in [-0.25, -0.2) is 0 Å². The molecular weight excluding hydrogens is 128 g/mol. The van der Waals surface area contributed by atoms with E-state index in [2.05, 4.69) is 11.9 Å². The molecular formula is C7H14N2O. The van der Waals surface area contributed by atoms with Crippen molar-refractivity contribution in [2.45, 2.75) is 18.5 Å². The van der Waals surface area contributed by atoms with Crippen molar-refractivity contribution in [2.24, 2.45) is 0 Å². The van der Waals surface area contributed by atoms with Crippen LogP contribution in [0, 0.1) is 5.21 Å². The first-order valence-corrected chi connectivity index (χ1v) is 3.86. The number of likely N-dealkylation sites (tertiary alicyclic amines) is 2. The maximum Gasteiger partial charge on any atom is 0.103 e. The van der Waals surface area contributed by atoms with Crippen LogP contribution >= 0.6 is 0 Å². The van der Waals surface area contributed by atoms with E-state index in [9.17, 15) is 5.21 Å². The number of quaternary nitrogens is 1. The van der Waals surface area contributed by atoms with Gasteiger partial charge in [-0.15, -0.1) is 0 Å². The molecule has 3 atom stereocenters. The van der Waals surface area contributed by atoms with Gasteiger partial charge in [0.1, 0.15) is 6.04 Å². The van der Waals surface area contributed by atoms with Gasteiger partial charge in [-0.05, 0) is 7.05 Å². The highest BCUT2D eigenvalue weighted by Crippen LogP contribution is 2.33. The van der Waals surface area contributed by atoms with Crippen LogP contribution < -0.4 is 0 Å². The molecule has 3 nitrogen and oxygen atoms in total. The standard InChI is InChI=1S/C7H14N2O/c1-8-4-7-3-6(8)5-9(7,2)10/h6-7H,3-5H2,1-2H3. The summed E-state index contributed by atoms with van der Waals surface area (Å²) in [6, 6.07) is 0.947. The normalized spacial score (nSPS) is 54.3. The Morgan fingerprint density at radius 1 is 1.60 bits per heavy atom. The molecule has 2 bridgehead atoms. The fourth-order valence-electron chi connectivity index (χ4n) is 2.23. The van der Waals surface area contributed by atoms with E-state index in [1.165, 1.54) is 0 Å². The van der Waals surface area contributed by atoms with E-state index in [1.807, 2.05) is 0 Å². The zero-order valence-electron chi connectivity index (χ0n) is 6.58. The molecule has 0 spiro atoms. The van der Waals surface area contributed by atoms with E-state index in [0.717, 1.165) is 19.5 Å². The van der Waals surface area contributed by atoms with Crippen molar-refractivity contribution in [3.8, 4) is 0 Å². The smallest absolute Gasteiger partial charge is 0.103 e. The van der Waals surface area contributed by atoms with E-state index < -0.39 is 0 Å². The van der Waals surface area contributed by atoms with E-state index in [-0.39, 0.29) is 4.65 Å². The fourth-order valence-corrected chi connectivity index (χ4v) is 2.23. The Morgan fingerprint density at radius 2 is 2.30 bits per heavy atom. The molecule has 0 aromatic carbocycles. The first-order valence-electron chi connectivity index (χ1n) is 3.86. The number of fused-ring (bicyclic) bond motifs is 2. The van der Waals surface area contributed by atoms with Gasteiger partial charge in [0.05, 0.1) is 26.2 Å². The van der Waals surface area contributed by atoms with Crippen molar-refractivity contribution in [2.75, 3.05) is 27.2 Å². The molecule has 10 heavy (non-hydrogen) atoms. The van der Waals surface area contributed by atoms with Crippen LogP contribution in [0.1, 0.15) is 6.42 Å². The highest BCUT2D eigenvalue weighted by atomic mass is 16.5. The number of hydrogen-bond acceptors (Lipinski definition) is 2. The Kier molecular flexibility index (Phi) is 1.14. The van der Waals surface area contributed by atoms with Crippen molar-refractivity contribution in [3.63, 3.8) is 0 Å². The van der Waals surface area contributed by atoms with E-state index in [0.29, 0.717) is 12.1 Å². The first-order chi connectivity index (χ1) is 4.59. The summed E-state index contributed by atoms with van der Waals surface area (Å²) in [6.07, 6.45) is 1.12. The largest absolute Gasteiger partial charge is 0.633 e. The quantitative estimate of drug-likeness (QED) is 0.352. The molecule has 2 aliphatic rings. The Bertz CT molecular complexity index is 156. The van der Waals surface area contributed by atoms with Crippen molar-refractivity contribution >= 4 is 0 Å². The maximum absolute atomic E-state index is 11.6. The molecule has 2 saturated heterocycles.